The zero-order valence-corrected chi connectivity index (χ0v) is 32.0. The van der Waals surface area contributed by atoms with E-state index in [-0.39, 0.29) is 5.41 Å². The Hall–Kier alpha value is -7.68. The summed E-state index contributed by atoms with van der Waals surface area (Å²) in [5.41, 5.74) is 18.8. The zero-order valence-electron chi connectivity index (χ0n) is 32.0. The Morgan fingerprint density at radius 2 is 0.983 bits per heavy atom. The number of rotatable bonds is 2. The van der Waals surface area contributed by atoms with E-state index in [1.807, 2.05) is 0 Å². The van der Waals surface area contributed by atoms with Gasteiger partial charge in [-0.2, -0.15) is 0 Å². The maximum atomic E-state index is 3.96. The van der Waals surface area contributed by atoms with E-state index in [2.05, 4.69) is 210 Å². The van der Waals surface area contributed by atoms with Gasteiger partial charge in [-0.15, -0.1) is 0 Å². The van der Waals surface area contributed by atoms with E-state index in [1.54, 1.807) is 0 Å². The van der Waals surface area contributed by atoms with Crippen LogP contribution in [0.15, 0.2) is 200 Å². The molecule has 0 amide bonds. The molecule has 0 radical (unpaired) electrons. The van der Waals surface area contributed by atoms with Gasteiger partial charge in [0.15, 0.2) is 0 Å². The van der Waals surface area contributed by atoms with Crippen LogP contribution in [0.5, 0.6) is 0 Å². The maximum Gasteiger partial charge on any atom is 0.0725 e. The monoisotopic (exact) mass is 746 g/mol. The molecule has 14 rings (SSSR count). The molecule has 1 N–H and O–H groups in total. The van der Waals surface area contributed by atoms with E-state index in [4.69, 9.17) is 0 Å². The number of hydrogen-bond acceptors (Lipinski definition) is 0. The molecular formula is C57H34N2. The minimum atomic E-state index is -0.382. The molecule has 0 saturated heterocycles. The van der Waals surface area contributed by atoms with Crippen molar-refractivity contribution in [2.24, 2.45) is 0 Å². The first kappa shape index (κ1) is 31.4. The second kappa shape index (κ2) is 11.2. The fourth-order valence-electron chi connectivity index (χ4n) is 11.5. The highest BCUT2D eigenvalue weighted by Gasteiger charge is 2.52. The molecule has 0 aliphatic heterocycles. The van der Waals surface area contributed by atoms with Gasteiger partial charge in [0.25, 0.3) is 0 Å². The van der Waals surface area contributed by atoms with Crippen LogP contribution in [0.2, 0.25) is 0 Å². The lowest BCUT2D eigenvalue weighted by Gasteiger charge is -2.30. The van der Waals surface area contributed by atoms with E-state index >= 15 is 0 Å². The molecule has 2 heterocycles. The Kier molecular flexibility index (Phi) is 5.99. The third-order valence-electron chi connectivity index (χ3n) is 13.7. The quantitative estimate of drug-likeness (QED) is 0.182. The molecule has 2 heteroatoms. The largest absolute Gasteiger partial charge is 0.354 e. The van der Waals surface area contributed by atoms with Crippen molar-refractivity contribution in [3.8, 4) is 39.1 Å². The van der Waals surface area contributed by atoms with Crippen molar-refractivity contribution in [2.75, 3.05) is 0 Å². The van der Waals surface area contributed by atoms with Crippen molar-refractivity contribution in [2.45, 2.75) is 5.41 Å². The molecule has 0 atom stereocenters. The Morgan fingerprint density at radius 3 is 1.76 bits per heavy atom. The van der Waals surface area contributed by atoms with E-state index in [0.717, 1.165) is 11.2 Å². The molecule has 2 aliphatic carbocycles. The number of aromatic nitrogens is 2. The van der Waals surface area contributed by atoms with Crippen molar-refractivity contribution in [1.82, 2.24) is 9.55 Å². The van der Waals surface area contributed by atoms with Crippen LogP contribution in [-0.2, 0) is 5.41 Å². The van der Waals surface area contributed by atoms with E-state index in [9.17, 15) is 0 Å². The summed E-state index contributed by atoms with van der Waals surface area (Å²) in [6.07, 6.45) is 0. The molecule has 0 bridgehead atoms. The molecule has 2 nitrogen and oxygen atoms in total. The van der Waals surface area contributed by atoms with Crippen LogP contribution in [0.1, 0.15) is 22.3 Å². The Bertz CT molecular complexity index is 3740. The first-order valence-corrected chi connectivity index (χ1v) is 20.6. The summed E-state index contributed by atoms with van der Waals surface area (Å²) in [5, 5.41) is 10.0. The highest BCUT2D eigenvalue weighted by atomic mass is 15.0. The Labute approximate surface area is 340 Å². The van der Waals surface area contributed by atoms with Crippen LogP contribution in [-0.4, -0.2) is 9.55 Å². The van der Waals surface area contributed by atoms with Gasteiger partial charge < -0.3 is 9.55 Å². The van der Waals surface area contributed by atoms with Gasteiger partial charge in [0, 0.05) is 48.9 Å². The van der Waals surface area contributed by atoms with E-state index < -0.39 is 0 Å². The van der Waals surface area contributed by atoms with Crippen LogP contribution in [0.4, 0.5) is 0 Å². The highest BCUT2D eigenvalue weighted by molar-refractivity contribution is 6.38. The summed E-state index contributed by atoms with van der Waals surface area (Å²) in [6.45, 7) is 0. The summed E-state index contributed by atoms with van der Waals surface area (Å²) < 4.78 is 2.52. The van der Waals surface area contributed by atoms with E-state index in [1.165, 1.54) is 115 Å². The second-order valence-corrected chi connectivity index (χ2v) is 16.4. The fourth-order valence-corrected chi connectivity index (χ4v) is 11.5. The molecule has 2 aromatic heterocycles. The third-order valence-corrected chi connectivity index (χ3v) is 13.7. The topological polar surface area (TPSA) is 20.7 Å². The summed E-state index contributed by atoms with van der Waals surface area (Å²) in [4.78, 5) is 3.96. The molecule has 59 heavy (non-hydrogen) atoms. The van der Waals surface area contributed by atoms with Crippen molar-refractivity contribution in [3.05, 3.63) is 222 Å². The van der Waals surface area contributed by atoms with Gasteiger partial charge in [-0.25, -0.2) is 0 Å². The number of aromatic amines is 1. The molecule has 2 aliphatic rings. The number of fused-ring (bicyclic) bond motifs is 22. The average Bonchev–Trinajstić information content (AvgIpc) is 4.03. The van der Waals surface area contributed by atoms with Crippen LogP contribution < -0.4 is 0 Å². The van der Waals surface area contributed by atoms with Crippen molar-refractivity contribution >= 4 is 65.2 Å². The molecule has 12 aromatic rings. The number of H-pyrrole nitrogens is 1. The smallest absolute Gasteiger partial charge is 0.0725 e. The van der Waals surface area contributed by atoms with Crippen LogP contribution in [0.25, 0.3) is 104 Å². The normalized spacial score (nSPS) is 13.6. The number of para-hydroxylation sites is 1. The lowest BCUT2D eigenvalue weighted by atomic mass is 9.70. The Balaban J connectivity index is 1.12. The predicted molar refractivity (Wildman–Crippen MR) is 247 cm³/mol. The van der Waals surface area contributed by atoms with Gasteiger partial charge >= 0.3 is 0 Å². The zero-order chi connectivity index (χ0) is 38.4. The van der Waals surface area contributed by atoms with Crippen molar-refractivity contribution in [1.29, 1.82) is 0 Å². The summed E-state index contributed by atoms with van der Waals surface area (Å²) in [7, 11) is 0. The molecule has 10 aromatic carbocycles. The average molecular weight is 747 g/mol. The SMILES string of the molecule is c1ccc(-n2c3c4ccccc4ccc3c3c4c5cc(-c6cccc7c6-c6ccccc6C76c7ccccc7-c7ccccc76)ccc5[nH]c4c4ccccc4c32)cc1. The van der Waals surface area contributed by atoms with Crippen LogP contribution in [0.3, 0.4) is 0 Å². The van der Waals surface area contributed by atoms with Gasteiger partial charge in [0.1, 0.15) is 0 Å². The van der Waals surface area contributed by atoms with Gasteiger partial charge in [-0.3, -0.25) is 0 Å². The fraction of sp³-hybridized carbons (Fsp3) is 0.0175. The summed E-state index contributed by atoms with van der Waals surface area (Å²) >= 11 is 0. The van der Waals surface area contributed by atoms with Crippen LogP contribution in [0, 0.1) is 0 Å². The molecule has 0 saturated carbocycles. The third kappa shape index (κ3) is 3.82. The van der Waals surface area contributed by atoms with E-state index in [0.29, 0.717) is 0 Å². The maximum absolute atomic E-state index is 3.96. The predicted octanol–water partition coefficient (Wildman–Crippen LogP) is 14.7. The Morgan fingerprint density at radius 1 is 0.373 bits per heavy atom. The second-order valence-electron chi connectivity index (χ2n) is 16.4. The molecule has 1 spiro atoms. The summed E-state index contributed by atoms with van der Waals surface area (Å²) in [6, 6.07) is 74.7. The number of benzene rings is 10. The van der Waals surface area contributed by atoms with Crippen molar-refractivity contribution < 1.29 is 0 Å². The first-order chi connectivity index (χ1) is 29.3. The number of nitrogens with one attached hydrogen (secondary N) is 1. The molecular weight excluding hydrogens is 713 g/mol. The molecule has 0 fully saturated rings. The van der Waals surface area contributed by atoms with Crippen molar-refractivity contribution in [3.63, 3.8) is 0 Å². The lowest BCUT2D eigenvalue weighted by Crippen LogP contribution is -2.25. The number of hydrogen-bond donors (Lipinski definition) is 1. The van der Waals surface area contributed by atoms with Gasteiger partial charge in [0.05, 0.1) is 22.0 Å². The highest BCUT2D eigenvalue weighted by Crippen LogP contribution is 2.64. The minimum absolute atomic E-state index is 0.382. The lowest BCUT2D eigenvalue weighted by molar-refractivity contribution is 0.794. The van der Waals surface area contributed by atoms with Gasteiger partial charge in [-0.05, 0) is 85.3 Å². The van der Waals surface area contributed by atoms with Gasteiger partial charge in [0.2, 0.25) is 0 Å². The summed E-state index contributed by atoms with van der Waals surface area (Å²) in [5.74, 6) is 0. The standard InChI is InChI=1S/C57H34N2/c1-2-16-36(17-3-1)59-55-38-18-5-4-15-34(38)29-31-44(55)53-52-45-33-35(30-32-50(45)58-54(52)41-21-6-7-22-42(41)56(53)59)37-24-14-28-49-51(37)43-23-10-13-27-48(43)57(49)46-25-11-8-19-39(46)40-20-9-12-26-47(40)57/h1-33,58H. The first-order valence-electron chi connectivity index (χ1n) is 20.6. The molecule has 0 unspecified atom stereocenters. The number of nitrogens with zero attached hydrogens (tertiary/aromatic N) is 1. The van der Waals surface area contributed by atoms with Crippen LogP contribution >= 0.6 is 0 Å². The molecule has 272 valence electrons. The van der Waals surface area contributed by atoms with Gasteiger partial charge in [-0.1, -0.05) is 176 Å². The minimum Gasteiger partial charge on any atom is -0.354 e.